The van der Waals surface area contributed by atoms with Crippen molar-refractivity contribution in [2.24, 2.45) is 0 Å². The molecule has 0 aliphatic heterocycles. The first-order valence-electron chi connectivity index (χ1n) is 11.7. The summed E-state index contributed by atoms with van der Waals surface area (Å²) in [4.78, 5) is 13.7. The molecule has 9 heteroatoms. The first-order chi connectivity index (χ1) is 17.7. The van der Waals surface area contributed by atoms with Gasteiger partial charge < -0.3 is 4.74 Å². The van der Waals surface area contributed by atoms with Crippen LogP contribution in [0.3, 0.4) is 0 Å². The van der Waals surface area contributed by atoms with Crippen LogP contribution in [0, 0.1) is 13.8 Å². The van der Waals surface area contributed by atoms with Crippen LogP contribution in [0.25, 0.3) is 33.5 Å². The number of alkyl halides is 3. The highest BCUT2D eigenvalue weighted by atomic mass is 19.4. The van der Waals surface area contributed by atoms with Crippen molar-refractivity contribution in [3.63, 3.8) is 0 Å². The zero-order chi connectivity index (χ0) is 26.3. The molecule has 37 heavy (non-hydrogen) atoms. The summed E-state index contributed by atoms with van der Waals surface area (Å²) >= 11 is 0. The summed E-state index contributed by atoms with van der Waals surface area (Å²) in [6.07, 6.45) is -4.49. The maximum atomic E-state index is 13.7. The fourth-order valence-corrected chi connectivity index (χ4v) is 4.25. The quantitative estimate of drug-likeness (QED) is 0.283. The first-order valence-corrected chi connectivity index (χ1v) is 11.7. The lowest BCUT2D eigenvalue weighted by molar-refractivity contribution is -0.137. The zero-order valence-corrected chi connectivity index (χ0v) is 20.4. The van der Waals surface area contributed by atoms with E-state index in [1.807, 2.05) is 62.4 Å². The van der Waals surface area contributed by atoms with Crippen molar-refractivity contribution in [1.82, 2.24) is 19.6 Å². The summed E-state index contributed by atoms with van der Waals surface area (Å²) in [6, 6.07) is 19.7. The van der Waals surface area contributed by atoms with Gasteiger partial charge in [-0.1, -0.05) is 42.5 Å². The highest BCUT2D eigenvalue weighted by Crippen LogP contribution is 2.36. The number of nitrogens with zero attached hydrogens (tertiary/aromatic N) is 4. The van der Waals surface area contributed by atoms with Crippen LogP contribution in [0.1, 0.15) is 23.6 Å². The van der Waals surface area contributed by atoms with Crippen molar-refractivity contribution in [3.05, 3.63) is 99.8 Å². The predicted molar refractivity (Wildman–Crippen MR) is 136 cm³/mol. The minimum atomic E-state index is -4.49. The molecule has 0 saturated carbocycles. The predicted octanol–water partition coefficient (Wildman–Crippen LogP) is 6.27. The summed E-state index contributed by atoms with van der Waals surface area (Å²) in [5.41, 5.74) is 3.08. The summed E-state index contributed by atoms with van der Waals surface area (Å²) in [5.74, 6) is 0.160. The van der Waals surface area contributed by atoms with Crippen LogP contribution in [0.2, 0.25) is 0 Å². The average molecular weight is 505 g/mol. The molecule has 0 radical (unpaired) electrons. The second-order valence-electron chi connectivity index (χ2n) is 8.64. The molecule has 0 amide bonds. The third-order valence-electron chi connectivity index (χ3n) is 6.05. The molecule has 0 fully saturated rings. The van der Waals surface area contributed by atoms with Crippen LogP contribution in [-0.4, -0.2) is 26.2 Å². The van der Waals surface area contributed by atoms with Gasteiger partial charge in [0.25, 0.3) is 5.56 Å². The Kier molecular flexibility index (Phi) is 6.07. The maximum absolute atomic E-state index is 13.7. The molecule has 5 rings (SSSR count). The van der Waals surface area contributed by atoms with E-state index >= 15 is 0 Å². The smallest absolute Gasteiger partial charge is 0.416 e. The number of hydrogen-bond acceptors (Lipinski definition) is 4. The standard InChI is InChI=1S/C28H23F3N4O2/c1-4-37-26-23-24(27(36)34(33-26)21-14-12-20(13-15-21)28(29,30)31)32-35(22-16-17(2)10-11-18(22)3)25(23)19-8-6-5-7-9-19/h5-16H,4H2,1-3H3. The Morgan fingerprint density at radius 1 is 0.892 bits per heavy atom. The molecular weight excluding hydrogens is 481 g/mol. The third-order valence-corrected chi connectivity index (χ3v) is 6.05. The number of aryl methyl sites for hydroxylation is 2. The molecular formula is C28H23F3N4O2. The summed E-state index contributed by atoms with van der Waals surface area (Å²) in [5, 5.41) is 9.60. The molecule has 0 N–H and O–H groups in total. The molecule has 188 valence electrons. The molecule has 0 atom stereocenters. The molecule has 2 aromatic heterocycles. The molecule has 2 heterocycles. The normalized spacial score (nSPS) is 11.7. The van der Waals surface area contributed by atoms with Crippen LogP contribution in [-0.2, 0) is 6.18 Å². The SMILES string of the molecule is CCOc1nn(-c2ccc(C(F)(F)F)cc2)c(=O)c2nn(-c3cc(C)ccc3C)c(-c3ccccc3)c12. The van der Waals surface area contributed by atoms with E-state index in [4.69, 9.17) is 9.84 Å². The molecule has 6 nitrogen and oxygen atoms in total. The minimum absolute atomic E-state index is 0.0955. The van der Waals surface area contributed by atoms with Gasteiger partial charge in [-0.2, -0.15) is 23.0 Å². The Morgan fingerprint density at radius 2 is 1.59 bits per heavy atom. The Bertz CT molecular complexity index is 1650. The first kappa shape index (κ1) is 24.3. The highest BCUT2D eigenvalue weighted by Gasteiger charge is 2.30. The Labute approximate surface area is 210 Å². The van der Waals surface area contributed by atoms with E-state index in [1.165, 1.54) is 12.1 Å². The Morgan fingerprint density at radius 3 is 2.24 bits per heavy atom. The number of halogens is 3. The van der Waals surface area contributed by atoms with Crippen molar-refractivity contribution in [3.8, 4) is 28.5 Å². The number of fused-ring (bicyclic) bond motifs is 1. The number of aromatic nitrogens is 4. The van der Waals surface area contributed by atoms with Gasteiger partial charge in [0.2, 0.25) is 5.88 Å². The van der Waals surface area contributed by atoms with Gasteiger partial charge in [0, 0.05) is 5.56 Å². The van der Waals surface area contributed by atoms with Gasteiger partial charge in [-0.25, -0.2) is 4.68 Å². The molecule has 0 bridgehead atoms. The van der Waals surface area contributed by atoms with Gasteiger partial charge in [-0.15, -0.1) is 5.10 Å². The zero-order valence-electron chi connectivity index (χ0n) is 20.4. The van der Waals surface area contributed by atoms with Crippen LogP contribution in [0.15, 0.2) is 77.6 Å². The summed E-state index contributed by atoms with van der Waals surface area (Å²) in [7, 11) is 0. The van der Waals surface area contributed by atoms with Crippen LogP contribution >= 0.6 is 0 Å². The van der Waals surface area contributed by atoms with Gasteiger partial charge >= 0.3 is 6.18 Å². The Balaban J connectivity index is 1.85. The molecule has 0 aliphatic rings. The lowest BCUT2D eigenvalue weighted by Gasteiger charge is -2.13. The van der Waals surface area contributed by atoms with Crippen molar-refractivity contribution in [2.45, 2.75) is 26.9 Å². The fourth-order valence-electron chi connectivity index (χ4n) is 4.25. The second-order valence-corrected chi connectivity index (χ2v) is 8.64. The largest absolute Gasteiger partial charge is 0.476 e. The van der Waals surface area contributed by atoms with E-state index < -0.39 is 17.3 Å². The van der Waals surface area contributed by atoms with E-state index in [0.29, 0.717) is 11.1 Å². The van der Waals surface area contributed by atoms with Crippen molar-refractivity contribution >= 4 is 10.9 Å². The molecule has 0 unspecified atom stereocenters. The maximum Gasteiger partial charge on any atom is 0.416 e. The van der Waals surface area contributed by atoms with Gasteiger partial charge in [0.1, 0.15) is 0 Å². The molecule has 0 saturated heterocycles. The lowest BCUT2D eigenvalue weighted by atomic mass is 10.1. The fraction of sp³-hybridized carbons (Fsp3) is 0.179. The number of hydrogen-bond donors (Lipinski definition) is 0. The third kappa shape index (κ3) is 4.37. The Hall–Kier alpha value is -4.40. The van der Waals surface area contributed by atoms with E-state index in [1.54, 1.807) is 11.6 Å². The molecule has 3 aromatic carbocycles. The molecule has 5 aromatic rings. The average Bonchev–Trinajstić information content (AvgIpc) is 3.28. The van der Waals surface area contributed by atoms with E-state index in [2.05, 4.69) is 5.10 Å². The lowest BCUT2D eigenvalue weighted by Crippen LogP contribution is -2.22. The van der Waals surface area contributed by atoms with E-state index in [9.17, 15) is 18.0 Å². The summed E-state index contributed by atoms with van der Waals surface area (Å²) in [6.45, 7) is 5.98. The highest BCUT2D eigenvalue weighted by molar-refractivity contribution is 5.97. The second kappa shape index (κ2) is 9.24. The van der Waals surface area contributed by atoms with Gasteiger partial charge in [-0.05, 0) is 62.2 Å². The minimum Gasteiger partial charge on any atom is -0.476 e. The van der Waals surface area contributed by atoms with Gasteiger partial charge in [-0.3, -0.25) is 4.79 Å². The number of ether oxygens (including phenoxy) is 1. The monoisotopic (exact) mass is 504 g/mol. The number of rotatable bonds is 5. The van der Waals surface area contributed by atoms with Gasteiger partial charge in [0.05, 0.1) is 34.6 Å². The molecule has 0 spiro atoms. The van der Waals surface area contributed by atoms with Gasteiger partial charge in [0.15, 0.2) is 5.52 Å². The summed E-state index contributed by atoms with van der Waals surface area (Å²) < 4.78 is 47.9. The van der Waals surface area contributed by atoms with Crippen LogP contribution < -0.4 is 10.3 Å². The topological polar surface area (TPSA) is 61.9 Å². The van der Waals surface area contributed by atoms with Crippen molar-refractivity contribution in [1.29, 1.82) is 0 Å². The molecule has 0 aliphatic carbocycles. The number of benzene rings is 3. The van der Waals surface area contributed by atoms with Crippen LogP contribution in [0.5, 0.6) is 5.88 Å². The van der Waals surface area contributed by atoms with E-state index in [-0.39, 0.29) is 23.7 Å². The van der Waals surface area contributed by atoms with Crippen LogP contribution in [0.4, 0.5) is 13.2 Å². The van der Waals surface area contributed by atoms with Crippen molar-refractivity contribution < 1.29 is 17.9 Å². The van der Waals surface area contributed by atoms with E-state index in [0.717, 1.165) is 39.2 Å². The van der Waals surface area contributed by atoms with Crippen molar-refractivity contribution in [2.75, 3.05) is 6.61 Å².